The molecule has 10 nitrogen and oxygen atoms in total. The molecule has 0 radical (unpaired) electrons. The maximum absolute atomic E-state index is 12.5. The van der Waals surface area contributed by atoms with Crippen LogP contribution in [0.25, 0.3) is 0 Å². The predicted molar refractivity (Wildman–Crippen MR) is 294 cm³/mol. The van der Waals surface area contributed by atoms with Gasteiger partial charge in [0.2, 0.25) is 0 Å². The Morgan fingerprint density at radius 3 is 1.11 bits per heavy atom. The summed E-state index contributed by atoms with van der Waals surface area (Å²) in [4.78, 5) is 47.6. The SMILES string of the molecule is CCCCCC(CC)OC(=O)CCCCCCCCN(CCCCCCCCC(=O)OC(CC)CCCCC)CCCN(CCCCCCCCC(=O)OC(CC)CCCCC)Cc1nccn1CC. The molecule has 410 valence electrons. The van der Waals surface area contributed by atoms with Crippen LogP contribution < -0.4 is 0 Å². The maximum Gasteiger partial charge on any atom is 0.306 e. The van der Waals surface area contributed by atoms with Crippen molar-refractivity contribution in [2.75, 3.05) is 32.7 Å². The lowest BCUT2D eigenvalue weighted by Gasteiger charge is -2.26. The third kappa shape index (κ3) is 37.3. The van der Waals surface area contributed by atoms with E-state index < -0.39 is 0 Å². The molecule has 1 aromatic rings. The zero-order valence-corrected chi connectivity index (χ0v) is 47.2. The quantitative estimate of drug-likeness (QED) is 0.0359. The van der Waals surface area contributed by atoms with Crippen molar-refractivity contribution in [1.82, 2.24) is 19.4 Å². The summed E-state index contributed by atoms with van der Waals surface area (Å²) in [6.07, 6.45) is 44.2. The molecule has 0 spiro atoms. The monoisotopic (exact) mass is 987 g/mol. The van der Waals surface area contributed by atoms with Crippen LogP contribution in [0.1, 0.15) is 292 Å². The van der Waals surface area contributed by atoms with Crippen LogP contribution in [-0.2, 0) is 41.7 Å². The molecule has 0 N–H and O–H groups in total. The van der Waals surface area contributed by atoms with E-state index in [1.165, 1.54) is 116 Å². The molecule has 0 fully saturated rings. The molecule has 3 unspecified atom stereocenters. The third-order valence-electron chi connectivity index (χ3n) is 14.4. The van der Waals surface area contributed by atoms with Gasteiger partial charge in [-0.3, -0.25) is 19.3 Å². The number of imidazole rings is 1. The first kappa shape index (κ1) is 65.6. The molecule has 0 aromatic carbocycles. The van der Waals surface area contributed by atoms with Crippen molar-refractivity contribution < 1.29 is 28.6 Å². The summed E-state index contributed by atoms with van der Waals surface area (Å²) in [5.41, 5.74) is 0. The number of aryl methyl sites for hydroxylation is 1. The molecule has 10 heteroatoms. The maximum atomic E-state index is 12.5. The Labute approximate surface area is 432 Å². The van der Waals surface area contributed by atoms with E-state index in [1.54, 1.807) is 0 Å². The van der Waals surface area contributed by atoms with E-state index in [1.807, 2.05) is 6.20 Å². The lowest BCUT2D eigenvalue weighted by atomic mass is 10.1. The van der Waals surface area contributed by atoms with Gasteiger partial charge >= 0.3 is 17.9 Å². The van der Waals surface area contributed by atoms with Crippen LogP contribution >= 0.6 is 0 Å². The Morgan fingerprint density at radius 2 is 0.757 bits per heavy atom. The average molecular weight is 988 g/mol. The van der Waals surface area contributed by atoms with E-state index in [0.29, 0.717) is 19.3 Å². The molecule has 0 aliphatic heterocycles. The smallest absolute Gasteiger partial charge is 0.306 e. The number of carbonyl (C=O) groups excluding carboxylic acids is 3. The molecule has 1 aromatic heterocycles. The van der Waals surface area contributed by atoms with Gasteiger partial charge in [-0.2, -0.15) is 0 Å². The van der Waals surface area contributed by atoms with Gasteiger partial charge in [-0.25, -0.2) is 4.98 Å². The number of rotatable bonds is 52. The summed E-state index contributed by atoms with van der Waals surface area (Å²) < 4.78 is 19.6. The number of aromatic nitrogens is 2. The van der Waals surface area contributed by atoms with E-state index in [-0.39, 0.29) is 36.2 Å². The lowest BCUT2D eigenvalue weighted by molar-refractivity contribution is -0.150. The van der Waals surface area contributed by atoms with Crippen LogP contribution in [0.2, 0.25) is 0 Å². The summed E-state index contributed by atoms with van der Waals surface area (Å²) in [6.45, 7) is 22.6. The summed E-state index contributed by atoms with van der Waals surface area (Å²) in [7, 11) is 0. The van der Waals surface area contributed by atoms with Crippen LogP contribution in [-0.4, -0.2) is 88.3 Å². The number of nitrogens with zero attached hydrogens (tertiary/aromatic N) is 4. The van der Waals surface area contributed by atoms with Gasteiger partial charge in [0.05, 0.1) is 6.54 Å². The Balaban J connectivity index is 2.61. The van der Waals surface area contributed by atoms with E-state index >= 15 is 0 Å². The number of ether oxygens (including phenoxy) is 3. The topological polar surface area (TPSA) is 103 Å². The fourth-order valence-corrected chi connectivity index (χ4v) is 9.68. The van der Waals surface area contributed by atoms with E-state index in [0.717, 1.165) is 154 Å². The van der Waals surface area contributed by atoms with Gasteiger partial charge in [0.25, 0.3) is 0 Å². The van der Waals surface area contributed by atoms with Crippen LogP contribution in [0.5, 0.6) is 0 Å². The first-order valence-electron chi connectivity index (χ1n) is 30.3. The summed E-state index contributed by atoms with van der Waals surface area (Å²) in [6, 6.07) is 0. The van der Waals surface area contributed by atoms with E-state index in [2.05, 4.69) is 69.0 Å². The summed E-state index contributed by atoms with van der Waals surface area (Å²) in [5, 5.41) is 0. The van der Waals surface area contributed by atoms with Crippen LogP contribution in [0.3, 0.4) is 0 Å². The van der Waals surface area contributed by atoms with Crippen molar-refractivity contribution in [3.05, 3.63) is 18.2 Å². The molecular weight excluding hydrogens is 873 g/mol. The van der Waals surface area contributed by atoms with Gasteiger partial charge in [0, 0.05) is 38.2 Å². The highest BCUT2D eigenvalue weighted by molar-refractivity contribution is 5.70. The normalized spacial score (nSPS) is 13.0. The fourth-order valence-electron chi connectivity index (χ4n) is 9.68. The lowest BCUT2D eigenvalue weighted by Crippen LogP contribution is -2.32. The Morgan fingerprint density at radius 1 is 0.429 bits per heavy atom. The molecule has 3 atom stereocenters. The van der Waals surface area contributed by atoms with Crippen molar-refractivity contribution in [3.8, 4) is 0 Å². The van der Waals surface area contributed by atoms with Gasteiger partial charge in [0.1, 0.15) is 24.1 Å². The molecule has 0 saturated heterocycles. The van der Waals surface area contributed by atoms with Crippen molar-refractivity contribution in [2.24, 2.45) is 0 Å². The number of carbonyl (C=O) groups is 3. The fraction of sp³-hybridized carbons (Fsp3) is 0.900. The number of esters is 3. The molecule has 70 heavy (non-hydrogen) atoms. The van der Waals surface area contributed by atoms with Crippen LogP contribution in [0.15, 0.2) is 12.4 Å². The highest BCUT2D eigenvalue weighted by Crippen LogP contribution is 2.18. The van der Waals surface area contributed by atoms with Gasteiger partial charge < -0.3 is 23.7 Å². The zero-order chi connectivity index (χ0) is 51.1. The van der Waals surface area contributed by atoms with Crippen molar-refractivity contribution in [3.63, 3.8) is 0 Å². The summed E-state index contributed by atoms with van der Waals surface area (Å²) >= 11 is 0. The molecule has 0 aliphatic carbocycles. The largest absolute Gasteiger partial charge is 0.462 e. The number of hydrogen-bond donors (Lipinski definition) is 0. The van der Waals surface area contributed by atoms with Crippen molar-refractivity contribution in [2.45, 2.75) is 317 Å². The highest BCUT2D eigenvalue weighted by Gasteiger charge is 2.16. The first-order valence-corrected chi connectivity index (χ1v) is 30.3. The standard InChI is InChI=1S/C60H114N4O6/c1-8-15-30-40-54(11-4)68-58(65)43-33-24-18-21-27-36-47-62(48-37-28-22-19-25-34-44-59(66)69-55(12-5)41-31-16-9-2)50-39-51-63(53-57-61-46-52-64(57)14-7)49-38-29-23-20-26-35-45-60(67)70-56(13-6)42-32-17-10-3/h46,52,54-56H,8-45,47-51,53H2,1-7H3. The zero-order valence-electron chi connectivity index (χ0n) is 47.2. The van der Waals surface area contributed by atoms with E-state index in [4.69, 9.17) is 19.2 Å². The van der Waals surface area contributed by atoms with Gasteiger partial charge in [0.15, 0.2) is 0 Å². The summed E-state index contributed by atoms with van der Waals surface area (Å²) in [5.74, 6) is 1.14. The Bertz CT molecular complexity index is 1290. The second-order valence-corrected chi connectivity index (χ2v) is 20.8. The second-order valence-electron chi connectivity index (χ2n) is 20.8. The number of hydrogen-bond acceptors (Lipinski definition) is 9. The molecule has 0 bridgehead atoms. The van der Waals surface area contributed by atoms with Crippen LogP contribution in [0, 0.1) is 0 Å². The molecule has 1 rings (SSSR count). The second kappa shape index (κ2) is 47.5. The molecule has 0 saturated carbocycles. The minimum atomic E-state index is -0.0101. The average Bonchev–Trinajstić information content (AvgIpc) is 3.82. The van der Waals surface area contributed by atoms with E-state index in [9.17, 15) is 14.4 Å². The highest BCUT2D eigenvalue weighted by atomic mass is 16.6. The minimum absolute atomic E-state index is 0.00741. The molecule has 1 heterocycles. The Kier molecular flexibility index (Phi) is 44.5. The molecule has 0 amide bonds. The van der Waals surface area contributed by atoms with Gasteiger partial charge in [-0.05, 0) is 142 Å². The Hall–Kier alpha value is -2.46. The minimum Gasteiger partial charge on any atom is -0.462 e. The third-order valence-corrected chi connectivity index (χ3v) is 14.4. The number of unbranched alkanes of at least 4 members (excludes halogenated alkanes) is 21. The molecular formula is C60H114N4O6. The van der Waals surface area contributed by atoms with Crippen LogP contribution in [0.4, 0.5) is 0 Å². The molecule has 0 aliphatic rings. The first-order chi connectivity index (χ1) is 34.2. The van der Waals surface area contributed by atoms with Gasteiger partial charge in [-0.15, -0.1) is 0 Å². The van der Waals surface area contributed by atoms with Gasteiger partial charge in [-0.1, -0.05) is 157 Å². The van der Waals surface area contributed by atoms with Crippen molar-refractivity contribution in [1.29, 1.82) is 0 Å². The van der Waals surface area contributed by atoms with Crippen molar-refractivity contribution >= 4 is 17.9 Å². The predicted octanol–water partition coefficient (Wildman–Crippen LogP) is 16.3.